The van der Waals surface area contributed by atoms with E-state index in [-0.39, 0.29) is 0 Å². The fraction of sp³-hybridized carbons (Fsp3) is 0. The first-order valence-electron chi connectivity index (χ1n) is 20.0. The highest BCUT2D eigenvalue weighted by molar-refractivity contribution is 6.10. The average molecular weight is 768 g/mol. The van der Waals surface area contributed by atoms with E-state index >= 15 is 0 Å². The van der Waals surface area contributed by atoms with Gasteiger partial charge in [-0.25, -0.2) is 15.0 Å². The lowest BCUT2D eigenvalue weighted by Crippen LogP contribution is -2.01. The normalized spacial score (nSPS) is 11.7. The number of hydrogen-bond donors (Lipinski definition) is 0. The summed E-state index contributed by atoms with van der Waals surface area (Å²) in [4.78, 5) is 20.0. The van der Waals surface area contributed by atoms with Gasteiger partial charge in [0.05, 0.1) is 16.6 Å². The molecule has 12 aromatic rings. The molecule has 0 radical (unpaired) electrons. The molecule has 0 aliphatic heterocycles. The van der Waals surface area contributed by atoms with Gasteiger partial charge < -0.3 is 8.98 Å². The Labute approximate surface area is 344 Å². The number of para-hydroxylation sites is 3. The zero-order chi connectivity index (χ0) is 39.6. The number of hydrogen-bond acceptors (Lipinski definition) is 5. The van der Waals surface area contributed by atoms with E-state index in [9.17, 15) is 0 Å². The Bertz CT molecular complexity index is 3550. The van der Waals surface area contributed by atoms with Crippen molar-refractivity contribution in [1.82, 2.24) is 24.5 Å². The molecule has 8 aromatic carbocycles. The summed E-state index contributed by atoms with van der Waals surface area (Å²) in [6.45, 7) is 0. The summed E-state index contributed by atoms with van der Waals surface area (Å²) in [5.41, 5.74) is 11.9. The molecule has 60 heavy (non-hydrogen) atoms. The fourth-order valence-corrected chi connectivity index (χ4v) is 8.71. The van der Waals surface area contributed by atoms with Crippen molar-refractivity contribution in [2.75, 3.05) is 0 Å². The van der Waals surface area contributed by atoms with Gasteiger partial charge in [-0.1, -0.05) is 133 Å². The van der Waals surface area contributed by atoms with E-state index in [1.165, 1.54) is 27.2 Å². The molecule has 0 atom stereocenters. The van der Waals surface area contributed by atoms with Crippen LogP contribution in [0.1, 0.15) is 0 Å². The number of pyridine rings is 1. The van der Waals surface area contributed by atoms with Crippen molar-refractivity contribution in [2.45, 2.75) is 0 Å². The molecule has 4 heterocycles. The summed E-state index contributed by atoms with van der Waals surface area (Å²) in [6.07, 6.45) is 3.59. The predicted molar refractivity (Wildman–Crippen MR) is 244 cm³/mol. The van der Waals surface area contributed by atoms with Gasteiger partial charge in [0.1, 0.15) is 11.2 Å². The van der Waals surface area contributed by atoms with E-state index in [1.54, 1.807) is 6.20 Å². The maximum Gasteiger partial charge on any atom is 0.167 e. The van der Waals surface area contributed by atoms with Crippen LogP contribution in [-0.2, 0) is 0 Å². The Morgan fingerprint density at radius 3 is 1.82 bits per heavy atom. The van der Waals surface area contributed by atoms with Crippen LogP contribution < -0.4 is 0 Å². The molecule has 0 N–H and O–H groups in total. The first-order chi connectivity index (χ1) is 29.7. The van der Waals surface area contributed by atoms with Crippen LogP contribution in [0.2, 0.25) is 0 Å². The zero-order valence-corrected chi connectivity index (χ0v) is 32.2. The summed E-state index contributed by atoms with van der Waals surface area (Å²) >= 11 is 0. The van der Waals surface area contributed by atoms with Gasteiger partial charge in [0.15, 0.2) is 17.5 Å². The van der Waals surface area contributed by atoms with Gasteiger partial charge in [0, 0.05) is 50.8 Å². The lowest BCUT2D eigenvalue weighted by atomic mass is 9.95. The number of rotatable bonds is 6. The van der Waals surface area contributed by atoms with Crippen molar-refractivity contribution in [3.63, 3.8) is 0 Å². The Morgan fingerprint density at radius 1 is 0.383 bits per heavy atom. The first kappa shape index (κ1) is 33.9. The number of furan rings is 1. The highest BCUT2D eigenvalue weighted by Crippen LogP contribution is 2.38. The molecule has 4 aromatic heterocycles. The molecule has 280 valence electrons. The maximum atomic E-state index is 6.48. The molecule has 0 aliphatic carbocycles. The molecule has 12 rings (SSSR count). The van der Waals surface area contributed by atoms with E-state index in [0.29, 0.717) is 23.1 Å². The van der Waals surface area contributed by atoms with Gasteiger partial charge in [-0.15, -0.1) is 0 Å². The molecule has 6 nitrogen and oxygen atoms in total. The van der Waals surface area contributed by atoms with Crippen molar-refractivity contribution in [1.29, 1.82) is 0 Å². The van der Waals surface area contributed by atoms with Crippen LogP contribution in [0.15, 0.2) is 205 Å². The largest absolute Gasteiger partial charge is 0.455 e. The van der Waals surface area contributed by atoms with Crippen molar-refractivity contribution in [2.24, 2.45) is 0 Å². The summed E-state index contributed by atoms with van der Waals surface area (Å²) in [7, 11) is 0. The van der Waals surface area contributed by atoms with E-state index < -0.39 is 0 Å². The van der Waals surface area contributed by atoms with Crippen molar-refractivity contribution < 1.29 is 4.42 Å². The monoisotopic (exact) mass is 767 g/mol. The Kier molecular flexibility index (Phi) is 7.74. The molecule has 0 saturated heterocycles. The summed E-state index contributed by atoms with van der Waals surface area (Å²) in [5.74, 6) is 1.68. The van der Waals surface area contributed by atoms with Crippen LogP contribution in [-0.4, -0.2) is 24.5 Å². The van der Waals surface area contributed by atoms with Gasteiger partial charge in [0.25, 0.3) is 0 Å². The van der Waals surface area contributed by atoms with Gasteiger partial charge >= 0.3 is 0 Å². The second-order valence-electron chi connectivity index (χ2n) is 15.1. The Balaban J connectivity index is 1.01. The van der Waals surface area contributed by atoms with Crippen molar-refractivity contribution >= 4 is 54.5 Å². The average Bonchev–Trinajstić information content (AvgIpc) is 3.88. The van der Waals surface area contributed by atoms with Gasteiger partial charge in [0.2, 0.25) is 0 Å². The number of benzene rings is 8. The summed E-state index contributed by atoms with van der Waals surface area (Å²) in [5, 5.41) is 6.67. The van der Waals surface area contributed by atoms with Crippen LogP contribution >= 0.6 is 0 Å². The topological polar surface area (TPSA) is 69.6 Å². The molecule has 0 aliphatic rings. The standard InChI is InChI=1S/C54H33N5O/c1-2-12-35(13-3-1)46-32-39(31-37-14-4-5-17-41(37)46)53-56-52(57-54(58-53)45-21-11-20-44-47-33-55-29-28-50(47)60-51(44)45)38-16-10-15-36(30-38)34-24-26-40(27-25-34)59-48-22-8-6-18-42(48)43-19-7-9-23-49(43)59/h1-33H. The SMILES string of the molecule is c1ccc(-c2cc(-c3nc(-c4cccc(-c5ccc(-n6c7ccccc7c7ccccc76)cc5)c4)nc(-c4cccc5c4oc4ccncc45)n3)cc3ccccc23)cc1. The van der Waals surface area contributed by atoms with E-state index in [4.69, 9.17) is 19.4 Å². The van der Waals surface area contributed by atoms with Gasteiger partial charge in [-0.05, 0) is 87.6 Å². The number of aromatic nitrogens is 5. The molecule has 0 fully saturated rings. The summed E-state index contributed by atoms with van der Waals surface area (Å²) < 4.78 is 8.82. The minimum absolute atomic E-state index is 0.531. The second kappa shape index (κ2) is 13.7. The van der Waals surface area contributed by atoms with Crippen LogP contribution in [0, 0.1) is 0 Å². The predicted octanol–water partition coefficient (Wildman–Crippen LogP) is 13.8. The lowest BCUT2D eigenvalue weighted by Gasteiger charge is -2.13. The molecular formula is C54H33N5O. The Hall–Kier alpha value is -8.22. The first-order valence-corrected chi connectivity index (χ1v) is 20.0. The zero-order valence-electron chi connectivity index (χ0n) is 32.2. The molecule has 0 amide bonds. The van der Waals surface area contributed by atoms with Crippen LogP contribution in [0.3, 0.4) is 0 Å². The van der Waals surface area contributed by atoms with Crippen LogP contribution in [0.4, 0.5) is 0 Å². The number of fused-ring (bicyclic) bond motifs is 7. The van der Waals surface area contributed by atoms with E-state index in [2.05, 4.69) is 173 Å². The van der Waals surface area contributed by atoms with Crippen LogP contribution in [0.25, 0.3) is 117 Å². The number of nitrogens with zero attached hydrogens (tertiary/aromatic N) is 5. The van der Waals surface area contributed by atoms with Crippen LogP contribution in [0.5, 0.6) is 0 Å². The molecular weight excluding hydrogens is 735 g/mol. The van der Waals surface area contributed by atoms with Crippen molar-refractivity contribution in [3.05, 3.63) is 200 Å². The molecule has 0 bridgehead atoms. The third-order valence-electron chi connectivity index (χ3n) is 11.5. The minimum atomic E-state index is 0.531. The van der Waals surface area contributed by atoms with E-state index in [0.717, 1.165) is 66.4 Å². The van der Waals surface area contributed by atoms with Gasteiger partial charge in [-0.2, -0.15) is 0 Å². The smallest absolute Gasteiger partial charge is 0.167 e. The fourth-order valence-electron chi connectivity index (χ4n) is 8.71. The highest BCUT2D eigenvalue weighted by atomic mass is 16.3. The summed E-state index contributed by atoms with van der Waals surface area (Å²) in [6, 6.07) is 65.8. The quantitative estimate of drug-likeness (QED) is 0.168. The molecule has 6 heteroatoms. The van der Waals surface area contributed by atoms with E-state index in [1.807, 2.05) is 30.5 Å². The van der Waals surface area contributed by atoms with Gasteiger partial charge in [-0.3, -0.25) is 4.98 Å². The second-order valence-corrected chi connectivity index (χ2v) is 15.1. The maximum absolute atomic E-state index is 6.48. The highest BCUT2D eigenvalue weighted by Gasteiger charge is 2.19. The third-order valence-corrected chi connectivity index (χ3v) is 11.5. The van der Waals surface area contributed by atoms with Crippen molar-refractivity contribution in [3.8, 4) is 62.1 Å². The third kappa shape index (κ3) is 5.57. The lowest BCUT2D eigenvalue weighted by molar-refractivity contribution is 0.669. The Morgan fingerprint density at radius 2 is 1.02 bits per heavy atom. The molecule has 0 spiro atoms. The minimum Gasteiger partial charge on any atom is -0.455 e. The molecule has 0 saturated carbocycles. The molecule has 0 unspecified atom stereocenters.